The SMILES string of the molecule is Cc1ccc(CNC(=O)c2cnc(C)cc2Cl)cc1. The Bertz CT molecular complexity index is 594. The summed E-state index contributed by atoms with van der Waals surface area (Å²) in [6.45, 7) is 4.34. The number of aromatic nitrogens is 1. The number of hydrogen-bond acceptors (Lipinski definition) is 2. The monoisotopic (exact) mass is 274 g/mol. The Morgan fingerprint density at radius 1 is 1.26 bits per heavy atom. The van der Waals surface area contributed by atoms with Crippen LogP contribution in [0.5, 0.6) is 0 Å². The lowest BCUT2D eigenvalue weighted by molar-refractivity contribution is 0.0950. The highest BCUT2D eigenvalue weighted by Crippen LogP contribution is 2.15. The summed E-state index contributed by atoms with van der Waals surface area (Å²) >= 11 is 6.03. The number of halogens is 1. The van der Waals surface area contributed by atoms with Crippen molar-refractivity contribution in [1.29, 1.82) is 0 Å². The quantitative estimate of drug-likeness (QED) is 0.933. The first-order chi connectivity index (χ1) is 9.06. The van der Waals surface area contributed by atoms with Gasteiger partial charge in [-0.1, -0.05) is 41.4 Å². The third-order valence-electron chi connectivity index (χ3n) is 2.81. The van der Waals surface area contributed by atoms with E-state index >= 15 is 0 Å². The van der Waals surface area contributed by atoms with Crippen molar-refractivity contribution in [1.82, 2.24) is 10.3 Å². The van der Waals surface area contributed by atoms with Crippen molar-refractivity contribution in [2.75, 3.05) is 0 Å². The van der Waals surface area contributed by atoms with Crippen LogP contribution in [0, 0.1) is 13.8 Å². The van der Waals surface area contributed by atoms with Gasteiger partial charge in [0, 0.05) is 18.4 Å². The summed E-state index contributed by atoms with van der Waals surface area (Å²) < 4.78 is 0. The molecule has 98 valence electrons. The second kappa shape index (κ2) is 5.85. The average Bonchev–Trinajstić information content (AvgIpc) is 2.37. The zero-order valence-corrected chi connectivity index (χ0v) is 11.7. The molecule has 0 atom stereocenters. The van der Waals surface area contributed by atoms with Crippen molar-refractivity contribution in [2.24, 2.45) is 0 Å². The Labute approximate surface area is 117 Å². The molecule has 2 rings (SSSR count). The Morgan fingerprint density at radius 3 is 2.58 bits per heavy atom. The zero-order chi connectivity index (χ0) is 13.8. The molecule has 0 aliphatic rings. The number of hydrogen-bond donors (Lipinski definition) is 1. The van der Waals surface area contributed by atoms with Gasteiger partial charge in [-0.05, 0) is 25.5 Å². The summed E-state index contributed by atoms with van der Waals surface area (Å²) in [6, 6.07) is 9.70. The lowest BCUT2D eigenvalue weighted by Gasteiger charge is -2.07. The summed E-state index contributed by atoms with van der Waals surface area (Å²) in [7, 11) is 0. The van der Waals surface area contributed by atoms with Gasteiger partial charge in [0.15, 0.2) is 0 Å². The van der Waals surface area contributed by atoms with E-state index in [-0.39, 0.29) is 5.91 Å². The topological polar surface area (TPSA) is 42.0 Å². The van der Waals surface area contributed by atoms with Gasteiger partial charge in [0.1, 0.15) is 0 Å². The van der Waals surface area contributed by atoms with E-state index in [0.29, 0.717) is 17.1 Å². The van der Waals surface area contributed by atoms with Crippen molar-refractivity contribution in [2.45, 2.75) is 20.4 Å². The highest BCUT2D eigenvalue weighted by Gasteiger charge is 2.10. The minimum absolute atomic E-state index is 0.210. The van der Waals surface area contributed by atoms with Crippen molar-refractivity contribution >= 4 is 17.5 Å². The van der Waals surface area contributed by atoms with E-state index < -0.39 is 0 Å². The van der Waals surface area contributed by atoms with Gasteiger partial charge in [-0.15, -0.1) is 0 Å². The summed E-state index contributed by atoms with van der Waals surface area (Å²) in [5.74, 6) is -0.210. The van der Waals surface area contributed by atoms with Crippen molar-refractivity contribution < 1.29 is 4.79 Å². The van der Waals surface area contributed by atoms with Crippen LogP contribution in [0.15, 0.2) is 36.5 Å². The van der Waals surface area contributed by atoms with E-state index in [0.717, 1.165) is 11.3 Å². The van der Waals surface area contributed by atoms with Crippen LogP contribution in [-0.4, -0.2) is 10.9 Å². The summed E-state index contributed by atoms with van der Waals surface area (Å²) in [5, 5.41) is 3.26. The second-order valence-corrected chi connectivity index (χ2v) is 4.88. The number of nitrogens with zero attached hydrogens (tertiary/aromatic N) is 1. The molecule has 1 heterocycles. The predicted octanol–water partition coefficient (Wildman–Crippen LogP) is 3.28. The largest absolute Gasteiger partial charge is 0.348 e. The Morgan fingerprint density at radius 2 is 1.95 bits per heavy atom. The van der Waals surface area contributed by atoms with Gasteiger partial charge in [-0.3, -0.25) is 9.78 Å². The van der Waals surface area contributed by atoms with E-state index in [1.165, 1.54) is 11.8 Å². The fraction of sp³-hybridized carbons (Fsp3) is 0.200. The van der Waals surface area contributed by atoms with Gasteiger partial charge in [-0.25, -0.2) is 0 Å². The first-order valence-corrected chi connectivity index (χ1v) is 6.40. The third-order valence-corrected chi connectivity index (χ3v) is 3.12. The normalized spacial score (nSPS) is 10.3. The van der Waals surface area contributed by atoms with Gasteiger partial charge in [0.05, 0.1) is 10.6 Å². The number of carbonyl (C=O) groups excluding carboxylic acids is 1. The summed E-state index contributed by atoms with van der Waals surface area (Å²) in [4.78, 5) is 16.1. The van der Waals surface area contributed by atoms with Crippen LogP contribution in [0.1, 0.15) is 27.2 Å². The molecular weight excluding hydrogens is 260 g/mol. The van der Waals surface area contributed by atoms with Gasteiger partial charge in [-0.2, -0.15) is 0 Å². The van der Waals surface area contributed by atoms with Crippen LogP contribution in [0.4, 0.5) is 0 Å². The molecule has 0 bridgehead atoms. The third kappa shape index (κ3) is 3.55. The smallest absolute Gasteiger partial charge is 0.254 e. The average molecular weight is 275 g/mol. The molecule has 0 saturated heterocycles. The number of pyridine rings is 1. The van der Waals surface area contributed by atoms with Gasteiger partial charge in [0.2, 0.25) is 0 Å². The van der Waals surface area contributed by atoms with Crippen LogP contribution in [0.25, 0.3) is 0 Å². The van der Waals surface area contributed by atoms with Gasteiger partial charge in [0.25, 0.3) is 5.91 Å². The maximum absolute atomic E-state index is 12.0. The standard InChI is InChI=1S/C15H15ClN2O/c1-10-3-5-12(6-4-10)8-18-15(19)13-9-17-11(2)7-14(13)16/h3-7,9H,8H2,1-2H3,(H,18,19). The molecule has 0 saturated carbocycles. The number of rotatable bonds is 3. The Hall–Kier alpha value is -1.87. The van der Waals surface area contributed by atoms with Crippen molar-refractivity contribution in [3.8, 4) is 0 Å². The lowest BCUT2D eigenvalue weighted by atomic mass is 10.1. The highest BCUT2D eigenvalue weighted by atomic mass is 35.5. The number of nitrogens with one attached hydrogen (secondary N) is 1. The van der Waals surface area contributed by atoms with E-state index in [2.05, 4.69) is 10.3 Å². The predicted molar refractivity (Wildman–Crippen MR) is 76.3 cm³/mol. The van der Waals surface area contributed by atoms with Crippen LogP contribution in [0.3, 0.4) is 0 Å². The van der Waals surface area contributed by atoms with Crippen LogP contribution >= 0.6 is 11.6 Å². The molecule has 0 unspecified atom stereocenters. The minimum atomic E-state index is -0.210. The molecule has 0 aliphatic heterocycles. The summed E-state index contributed by atoms with van der Waals surface area (Å²) in [6.07, 6.45) is 1.50. The van der Waals surface area contributed by atoms with Crippen molar-refractivity contribution in [3.63, 3.8) is 0 Å². The molecule has 19 heavy (non-hydrogen) atoms. The minimum Gasteiger partial charge on any atom is -0.348 e. The van der Waals surface area contributed by atoms with E-state index in [1.54, 1.807) is 6.07 Å². The number of carbonyl (C=O) groups is 1. The molecule has 1 aromatic carbocycles. The van der Waals surface area contributed by atoms with Crippen LogP contribution < -0.4 is 5.32 Å². The maximum atomic E-state index is 12.0. The molecule has 1 amide bonds. The number of amides is 1. The molecule has 3 nitrogen and oxygen atoms in total. The molecular formula is C15H15ClN2O. The summed E-state index contributed by atoms with van der Waals surface area (Å²) in [5.41, 5.74) is 3.44. The Balaban J connectivity index is 2.03. The van der Waals surface area contributed by atoms with Gasteiger partial charge < -0.3 is 5.32 Å². The second-order valence-electron chi connectivity index (χ2n) is 4.47. The maximum Gasteiger partial charge on any atom is 0.254 e. The lowest BCUT2D eigenvalue weighted by Crippen LogP contribution is -2.23. The van der Waals surface area contributed by atoms with Gasteiger partial charge >= 0.3 is 0 Å². The molecule has 0 fully saturated rings. The number of benzene rings is 1. The molecule has 1 aromatic heterocycles. The first-order valence-electron chi connectivity index (χ1n) is 6.02. The van der Waals surface area contributed by atoms with E-state index in [4.69, 9.17) is 11.6 Å². The van der Waals surface area contributed by atoms with Crippen LogP contribution in [0.2, 0.25) is 5.02 Å². The molecule has 2 aromatic rings. The molecule has 0 radical (unpaired) electrons. The Kier molecular flexibility index (Phi) is 4.17. The van der Waals surface area contributed by atoms with E-state index in [1.807, 2.05) is 38.1 Å². The fourth-order valence-electron chi connectivity index (χ4n) is 1.68. The number of aryl methyl sites for hydroxylation is 2. The van der Waals surface area contributed by atoms with E-state index in [9.17, 15) is 4.79 Å². The molecule has 4 heteroatoms. The molecule has 0 aliphatic carbocycles. The van der Waals surface area contributed by atoms with Crippen LogP contribution in [-0.2, 0) is 6.54 Å². The first kappa shape index (κ1) is 13.6. The van der Waals surface area contributed by atoms with Crippen molar-refractivity contribution in [3.05, 3.63) is 63.9 Å². The zero-order valence-electron chi connectivity index (χ0n) is 10.9. The molecule has 1 N–H and O–H groups in total. The molecule has 0 spiro atoms. The highest BCUT2D eigenvalue weighted by molar-refractivity contribution is 6.33. The fourth-order valence-corrected chi connectivity index (χ4v) is 1.97.